The molecule has 0 radical (unpaired) electrons. The molecule has 1 unspecified atom stereocenters. The first-order valence-corrected chi connectivity index (χ1v) is 14.0. The monoisotopic (exact) mass is 608 g/mol. The average molecular weight is 609 g/mol. The quantitative estimate of drug-likeness (QED) is 0.292. The van der Waals surface area contributed by atoms with Gasteiger partial charge in [0, 0.05) is 37.9 Å². The van der Waals surface area contributed by atoms with Crippen molar-refractivity contribution >= 4 is 28.3 Å². The molecule has 1 atom stereocenters. The third-order valence-electron chi connectivity index (χ3n) is 7.50. The number of carbonyl (C=O) groups is 1. The van der Waals surface area contributed by atoms with Crippen LogP contribution < -0.4 is 35.0 Å². The van der Waals surface area contributed by atoms with Crippen molar-refractivity contribution in [2.24, 2.45) is 0 Å². The van der Waals surface area contributed by atoms with Crippen molar-refractivity contribution in [1.29, 1.82) is 0 Å². The maximum Gasteiger partial charge on any atom is 0.387 e. The number of rotatable bonds is 9. The number of alkyl halides is 2. The minimum absolute atomic E-state index is 0.0448. The number of halogens is 2. The highest BCUT2D eigenvalue weighted by atomic mass is 19.3. The molecule has 1 N–H and O–H groups in total. The molecule has 0 saturated carbocycles. The molecular weight excluding hydrogens is 574 g/mol. The summed E-state index contributed by atoms with van der Waals surface area (Å²) < 4.78 is 42.4. The fourth-order valence-corrected chi connectivity index (χ4v) is 5.18. The SMILES string of the molecule is COc1ccc(N(C(=O)Nc2ccc(OC(F)F)cc2)C(C)c2nc3ccccc3c(=O)n2N2CCN(C)CC2)c(OC)c1. The van der Waals surface area contributed by atoms with E-state index in [1.807, 2.05) is 18.1 Å². The van der Waals surface area contributed by atoms with Crippen molar-refractivity contribution in [3.63, 3.8) is 0 Å². The van der Waals surface area contributed by atoms with Crippen LogP contribution in [0.1, 0.15) is 18.8 Å². The largest absolute Gasteiger partial charge is 0.497 e. The van der Waals surface area contributed by atoms with Crippen LogP contribution in [0.25, 0.3) is 10.9 Å². The van der Waals surface area contributed by atoms with E-state index < -0.39 is 18.7 Å². The van der Waals surface area contributed by atoms with E-state index in [1.54, 1.807) is 48.0 Å². The zero-order chi connectivity index (χ0) is 31.4. The van der Waals surface area contributed by atoms with Crippen LogP contribution in [-0.4, -0.2) is 74.6 Å². The van der Waals surface area contributed by atoms with Crippen molar-refractivity contribution < 1.29 is 27.8 Å². The maximum absolute atomic E-state index is 14.1. The summed E-state index contributed by atoms with van der Waals surface area (Å²) in [6.45, 7) is 1.47. The van der Waals surface area contributed by atoms with Crippen LogP contribution in [0.3, 0.4) is 0 Å². The summed E-state index contributed by atoms with van der Waals surface area (Å²) in [6, 6.07) is 16.4. The second-order valence-electron chi connectivity index (χ2n) is 10.3. The van der Waals surface area contributed by atoms with Crippen LogP contribution in [0, 0.1) is 0 Å². The molecule has 5 rings (SSSR count). The molecule has 1 saturated heterocycles. The summed E-state index contributed by atoms with van der Waals surface area (Å²) in [7, 11) is 5.03. The van der Waals surface area contributed by atoms with Crippen LogP contribution >= 0.6 is 0 Å². The number of piperazine rings is 1. The standard InChI is InChI=1S/C31H34F2N6O5/c1-20(28-35-25-8-6-5-7-24(25)29(40)39(28)37-17-15-36(2)16-18-37)38(26-14-13-23(42-3)19-27(26)43-4)31(41)34-21-9-11-22(12-10-21)44-30(32)33/h5-14,19-20,30H,15-18H2,1-4H3,(H,34,41). The molecule has 1 aliphatic heterocycles. The average Bonchev–Trinajstić information content (AvgIpc) is 3.02. The van der Waals surface area contributed by atoms with Gasteiger partial charge < -0.3 is 29.4 Å². The minimum atomic E-state index is -2.97. The third kappa shape index (κ3) is 6.37. The van der Waals surface area contributed by atoms with E-state index in [4.69, 9.17) is 14.5 Å². The summed E-state index contributed by atoms with van der Waals surface area (Å²) in [5.74, 6) is 1.18. The number of para-hydroxylation sites is 1. The van der Waals surface area contributed by atoms with Crippen molar-refractivity contribution in [1.82, 2.24) is 14.6 Å². The first-order chi connectivity index (χ1) is 21.2. The molecule has 2 heterocycles. The van der Waals surface area contributed by atoms with Gasteiger partial charge in [-0.15, -0.1) is 0 Å². The number of carbonyl (C=O) groups excluding carboxylic acids is 1. The highest BCUT2D eigenvalue weighted by Gasteiger charge is 2.32. The lowest BCUT2D eigenvalue weighted by atomic mass is 10.1. The molecule has 0 spiro atoms. The molecule has 0 aliphatic carbocycles. The van der Waals surface area contributed by atoms with E-state index in [1.165, 1.54) is 43.4 Å². The van der Waals surface area contributed by atoms with Crippen LogP contribution in [0.4, 0.5) is 25.0 Å². The second kappa shape index (κ2) is 13.2. The molecule has 44 heavy (non-hydrogen) atoms. The molecule has 232 valence electrons. The summed E-state index contributed by atoms with van der Waals surface area (Å²) in [4.78, 5) is 36.7. The molecule has 1 aliphatic rings. The van der Waals surface area contributed by atoms with E-state index in [0.29, 0.717) is 52.7 Å². The van der Waals surface area contributed by atoms with Gasteiger partial charge in [0.2, 0.25) is 0 Å². The summed E-state index contributed by atoms with van der Waals surface area (Å²) in [6.07, 6.45) is 0. The van der Waals surface area contributed by atoms with Gasteiger partial charge in [0.05, 0.1) is 36.9 Å². The molecule has 1 aromatic heterocycles. The van der Waals surface area contributed by atoms with Gasteiger partial charge in [0.1, 0.15) is 17.2 Å². The normalized spacial score (nSPS) is 14.4. The van der Waals surface area contributed by atoms with Crippen molar-refractivity contribution in [3.8, 4) is 17.2 Å². The second-order valence-corrected chi connectivity index (χ2v) is 10.3. The van der Waals surface area contributed by atoms with Crippen molar-refractivity contribution in [2.45, 2.75) is 19.6 Å². The predicted octanol–water partition coefficient (Wildman–Crippen LogP) is 4.70. The highest BCUT2D eigenvalue weighted by molar-refractivity contribution is 6.03. The number of hydrogen-bond donors (Lipinski definition) is 1. The molecule has 3 aromatic carbocycles. The lowest BCUT2D eigenvalue weighted by Crippen LogP contribution is -2.55. The summed E-state index contributed by atoms with van der Waals surface area (Å²) in [5, 5.41) is 5.25. The number of fused-ring (bicyclic) bond motifs is 1. The Labute approximate surface area is 253 Å². The highest BCUT2D eigenvalue weighted by Crippen LogP contribution is 2.37. The van der Waals surface area contributed by atoms with Gasteiger partial charge in [0.25, 0.3) is 5.56 Å². The fraction of sp³-hybridized carbons (Fsp3) is 0.323. The zero-order valence-electron chi connectivity index (χ0n) is 24.9. The number of methoxy groups -OCH3 is 2. The number of benzene rings is 3. The van der Waals surface area contributed by atoms with Gasteiger partial charge in [-0.25, -0.2) is 14.5 Å². The Balaban J connectivity index is 1.62. The number of hydrogen-bond acceptors (Lipinski definition) is 8. The Hall–Kier alpha value is -4.91. The first kappa shape index (κ1) is 30.5. The molecule has 1 fully saturated rings. The van der Waals surface area contributed by atoms with Gasteiger partial charge in [-0.05, 0) is 62.5 Å². The van der Waals surface area contributed by atoms with E-state index in [2.05, 4.69) is 15.0 Å². The van der Waals surface area contributed by atoms with Crippen molar-refractivity contribution in [3.05, 3.63) is 82.9 Å². The third-order valence-corrected chi connectivity index (χ3v) is 7.50. The number of amides is 2. The lowest BCUT2D eigenvalue weighted by Gasteiger charge is -2.38. The Morgan fingerprint density at radius 2 is 1.64 bits per heavy atom. The first-order valence-electron chi connectivity index (χ1n) is 14.0. The molecule has 0 bridgehead atoms. The maximum atomic E-state index is 14.1. The van der Waals surface area contributed by atoms with Gasteiger partial charge in [-0.1, -0.05) is 12.1 Å². The predicted molar refractivity (Wildman–Crippen MR) is 164 cm³/mol. The molecule has 2 amide bonds. The summed E-state index contributed by atoms with van der Waals surface area (Å²) in [5.41, 5.74) is 0.993. The van der Waals surface area contributed by atoms with Gasteiger partial charge in [0.15, 0.2) is 5.82 Å². The Morgan fingerprint density at radius 3 is 2.30 bits per heavy atom. The van der Waals surface area contributed by atoms with Gasteiger partial charge in [-0.2, -0.15) is 8.78 Å². The summed E-state index contributed by atoms with van der Waals surface area (Å²) >= 11 is 0. The molecule has 4 aromatic rings. The Morgan fingerprint density at radius 1 is 0.955 bits per heavy atom. The number of likely N-dealkylation sites (N-methyl/N-ethyl adjacent to an activating group) is 1. The Bertz CT molecular complexity index is 1670. The van der Waals surface area contributed by atoms with Crippen LogP contribution in [-0.2, 0) is 0 Å². The molecular formula is C31H34F2N6O5. The molecule has 13 heteroatoms. The van der Waals surface area contributed by atoms with Crippen LogP contribution in [0.5, 0.6) is 17.2 Å². The van der Waals surface area contributed by atoms with Gasteiger partial charge >= 0.3 is 12.6 Å². The number of nitrogens with zero attached hydrogens (tertiary/aromatic N) is 5. The van der Waals surface area contributed by atoms with Gasteiger partial charge in [-0.3, -0.25) is 9.69 Å². The van der Waals surface area contributed by atoms with E-state index in [-0.39, 0.29) is 11.3 Å². The number of urea groups is 1. The smallest absolute Gasteiger partial charge is 0.387 e. The van der Waals surface area contributed by atoms with Crippen molar-refractivity contribution in [2.75, 3.05) is 62.7 Å². The van der Waals surface area contributed by atoms with Crippen LogP contribution in [0.15, 0.2) is 71.5 Å². The van der Waals surface area contributed by atoms with E-state index in [9.17, 15) is 18.4 Å². The van der Waals surface area contributed by atoms with Crippen LogP contribution in [0.2, 0.25) is 0 Å². The van der Waals surface area contributed by atoms with E-state index >= 15 is 0 Å². The zero-order valence-corrected chi connectivity index (χ0v) is 24.9. The number of aromatic nitrogens is 2. The number of nitrogens with one attached hydrogen (secondary N) is 1. The van der Waals surface area contributed by atoms with E-state index in [0.717, 1.165) is 13.1 Å². The number of ether oxygens (including phenoxy) is 3. The molecule has 11 nitrogen and oxygen atoms in total. The fourth-order valence-electron chi connectivity index (χ4n) is 5.18. The topological polar surface area (TPSA) is 101 Å². The number of anilines is 2. The minimum Gasteiger partial charge on any atom is -0.497 e. The lowest BCUT2D eigenvalue weighted by molar-refractivity contribution is -0.0498. The Kier molecular flexibility index (Phi) is 9.14.